The SMILES string of the molecule is COCCNC(=O)Oc1ccc(C(=O)NS(=O)(=O)c2cccc(CCNC(=O)COc3ccccc3)c2)cn1. The number of pyridine rings is 1. The molecule has 0 aliphatic rings. The molecule has 0 saturated heterocycles. The van der Waals surface area contributed by atoms with Crippen molar-refractivity contribution in [2.45, 2.75) is 11.3 Å². The number of hydrogen-bond acceptors (Lipinski definition) is 9. The molecule has 206 valence electrons. The van der Waals surface area contributed by atoms with Gasteiger partial charge in [-0.2, -0.15) is 0 Å². The maximum atomic E-state index is 12.8. The van der Waals surface area contributed by atoms with E-state index in [4.69, 9.17) is 14.2 Å². The van der Waals surface area contributed by atoms with Crippen molar-refractivity contribution in [1.82, 2.24) is 20.3 Å². The highest BCUT2D eigenvalue weighted by atomic mass is 32.2. The first-order chi connectivity index (χ1) is 18.8. The van der Waals surface area contributed by atoms with Gasteiger partial charge in [0.05, 0.1) is 17.1 Å². The molecule has 0 spiro atoms. The van der Waals surface area contributed by atoms with E-state index < -0.39 is 22.0 Å². The second kappa shape index (κ2) is 14.4. The Hall–Kier alpha value is -4.49. The fraction of sp³-hybridized carbons (Fsp3) is 0.231. The van der Waals surface area contributed by atoms with Crippen LogP contribution >= 0.6 is 0 Å². The molecule has 12 nitrogen and oxygen atoms in total. The summed E-state index contributed by atoms with van der Waals surface area (Å²) in [7, 11) is -2.71. The molecule has 3 rings (SSSR count). The minimum absolute atomic E-state index is 0.0534. The monoisotopic (exact) mass is 556 g/mol. The van der Waals surface area contributed by atoms with Crippen LogP contribution in [0, 0.1) is 0 Å². The minimum atomic E-state index is -4.19. The molecule has 1 heterocycles. The number of sulfonamides is 1. The molecule has 0 atom stereocenters. The predicted octanol–water partition coefficient (Wildman–Crippen LogP) is 1.67. The lowest BCUT2D eigenvalue weighted by atomic mass is 10.1. The van der Waals surface area contributed by atoms with Gasteiger partial charge in [0.15, 0.2) is 6.61 Å². The quantitative estimate of drug-likeness (QED) is 0.266. The molecule has 0 bridgehead atoms. The second-order valence-electron chi connectivity index (χ2n) is 7.98. The number of hydrogen-bond donors (Lipinski definition) is 3. The van der Waals surface area contributed by atoms with Crippen molar-refractivity contribution >= 4 is 27.9 Å². The van der Waals surface area contributed by atoms with Crippen molar-refractivity contribution in [3.8, 4) is 11.6 Å². The molecule has 2 aromatic carbocycles. The Balaban J connectivity index is 1.49. The molecule has 0 aliphatic heterocycles. The lowest BCUT2D eigenvalue weighted by Gasteiger charge is -2.10. The van der Waals surface area contributed by atoms with Gasteiger partial charge in [0, 0.05) is 32.5 Å². The van der Waals surface area contributed by atoms with Crippen LogP contribution in [-0.4, -0.2) is 64.7 Å². The zero-order valence-electron chi connectivity index (χ0n) is 21.1. The first-order valence-corrected chi connectivity index (χ1v) is 13.3. The summed E-state index contributed by atoms with van der Waals surface area (Å²) >= 11 is 0. The van der Waals surface area contributed by atoms with Gasteiger partial charge >= 0.3 is 6.09 Å². The van der Waals surface area contributed by atoms with Crippen molar-refractivity contribution in [3.05, 3.63) is 84.1 Å². The average molecular weight is 557 g/mol. The standard InChI is InChI=1S/C26H28N4O8S/c1-36-15-14-28-26(33)38-24-11-10-20(17-29-24)25(32)30-39(34,35)22-9-5-6-19(16-22)12-13-27-23(31)18-37-21-7-3-2-4-8-21/h2-11,16-17H,12-15,18H2,1H3,(H,27,31)(H,28,33)(H,30,32). The number of aromatic nitrogens is 1. The van der Waals surface area contributed by atoms with E-state index in [-0.39, 0.29) is 41.9 Å². The molecule has 3 amide bonds. The van der Waals surface area contributed by atoms with Gasteiger partial charge in [0.1, 0.15) is 5.75 Å². The second-order valence-corrected chi connectivity index (χ2v) is 9.66. The lowest BCUT2D eigenvalue weighted by molar-refractivity contribution is -0.123. The van der Waals surface area contributed by atoms with E-state index in [0.29, 0.717) is 24.3 Å². The minimum Gasteiger partial charge on any atom is -0.484 e. The van der Waals surface area contributed by atoms with Crippen LogP contribution in [0.3, 0.4) is 0 Å². The number of nitrogens with zero attached hydrogens (tertiary/aromatic N) is 1. The summed E-state index contributed by atoms with van der Waals surface area (Å²) < 4.78 is 42.7. The summed E-state index contributed by atoms with van der Waals surface area (Å²) in [5, 5.41) is 5.15. The normalized spacial score (nSPS) is 10.8. The Morgan fingerprint density at radius 1 is 0.923 bits per heavy atom. The third kappa shape index (κ3) is 9.72. The van der Waals surface area contributed by atoms with Crippen LogP contribution in [0.4, 0.5) is 4.79 Å². The summed E-state index contributed by atoms with van der Waals surface area (Å²) in [6.45, 7) is 0.665. The Morgan fingerprint density at radius 3 is 2.44 bits per heavy atom. The molecule has 3 N–H and O–H groups in total. The molecular formula is C26H28N4O8S. The van der Waals surface area contributed by atoms with E-state index in [1.807, 2.05) is 10.8 Å². The number of carbonyl (C=O) groups is 3. The fourth-order valence-corrected chi connectivity index (χ4v) is 4.18. The molecule has 0 saturated carbocycles. The van der Waals surface area contributed by atoms with Gasteiger partial charge in [0.2, 0.25) is 5.88 Å². The van der Waals surface area contributed by atoms with Crippen LogP contribution in [-0.2, 0) is 26.0 Å². The van der Waals surface area contributed by atoms with Crippen molar-refractivity contribution < 1.29 is 37.0 Å². The van der Waals surface area contributed by atoms with Crippen LogP contribution in [0.25, 0.3) is 0 Å². The van der Waals surface area contributed by atoms with Gasteiger partial charge < -0.3 is 24.8 Å². The fourth-order valence-electron chi connectivity index (χ4n) is 3.13. The molecule has 13 heteroatoms. The van der Waals surface area contributed by atoms with Crippen LogP contribution in [0.1, 0.15) is 15.9 Å². The van der Waals surface area contributed by atoms with Crippen molar-refractivity contribution in [2.24, 2.45) is 0 Å². The van der Waals surface area contributed by atoms with Gasteiger partial charge in [0.25, 0.3) is 21.8 Å². The Kier molecular flexibility index (Phi) is 10.8. The zero-order chi connectivity index (χ0) is 28.1. The number of para-hydroxylation sites is 1. The molecule has 0 aliphatic carbocycles. The number of rotatable bonds is 13. The first kappa shape index (κ1) is 29.1. The lowest BCUT2D eigenvalue weighted by Crippen LogP contribution is -2.31. The number of benzene rings is 2. The van der Waals surface area contributed by atoms with E-state index in [0.717, 1.165) is 6.20 Å². The average Bonchev–Trinajstić information content (AvgIpc) is 2.93. The number of ether oxygens (including phenoxy) is 3. The number of nitrogens with one attached hydrogen (secondary N) is 3. The van der Waals surface area contributed by atoms with Crippen LogP contribution in [0.2, 0.25) is 0 Å². The summed E-state index contributed by atoms with van der Waals surface area (Å²) in [6.07, 6.45) is 0.696. The van der Waals surface area contributed by atoms with Gasteiger partial charge in [-0.05, 0) is 42.3 Å². The molecule has 39 heavy (non-hydrogen) atoms. The summed E-state index contributed by atoms with van der Waals surface area (Å²) in [6, 6.07) is 17.5. The van der Waals surface area contributed by atoms with Gasteiger partial charge in [-0.15, -0.1) is 0 Å². The number of carbonyl (C=O) groups excluding carboxylic acids is 3. The van der Waals surface area contributed by atoms with E-state index in [9.17, 15) is 22.8 Å². The smallest absolute Gasteiger partial charge is 0.414 e. The van der Waals surface area contributed by atoms with E-state index in [2.05, 4.69) is 15.6 Å². The Labute approximate surface area is 225 Å². The third-order valence-corrected chi connectivity index (χ3v) is 6.38. The zero-order valence-corrected chi connectivity index (χ0v) is 21.9. The maximum Gasteiger partial charge on any atom is 0.414 e. The molecule has 0 radical (unpaired) electrons. The van der Waals surface area contributed by atoms with Crippen molar-refractivity contribution in [3.63, 3.8) is 0 Å². The summed E-state index contributed by atoms with van der Waals surface area (Å²) in [5.41, 5.74) is 0.587. The molecule has 3 aromatic rings. The van der Waals surface area contributed by atoms with Crippen LogP contribution in [0.5, 0.6) is 11.6 Å². The van der Waals surface area contributed by atoms with E-state index >= 15 is 0 Å². The highest BCUT2D eigenvalue weighted by molar-refractivity contribution is 7.90. The van der Waals surface area contributed by atoms with Crippen LogP contribution < -0.4 is 24.8 Å². The van der Waals surface area contributed by atoms with Crippen molar-refractivity contribution in [2.75, 3.05) is 33.4 Å². The molecular weight excluding hydrogens is 528 g/mol. The Morgan fingerprint density at radius 2 is 1.72 bits per heavy atom. The largest absolute Gasteiger partial charge is 0.484 e. The van der Waals surface area contributed by atoms with E-state index in [1.165, 1.54) is 31.4 Å². The molecule has 0 fully saturated rings. The van der Waals surface area contributed by atoms with Gasteiger partial charge in [-0.1, -0.05) is 30.3 Å². The highest BCUT2D eigenvalue weighted by Crippen LogP contribution is 2.14. The Bertz CT molecular complexity index is 1370. The van der Waals surface area contributed by atoms with Crippen molar-refractivity contribution in [1.29, 1.82) is 0 Å². The van der Waals surface area contributed by atoms with Crippen LogP contribution in [0.15, 0.2) is 77.8 Å². The van der Waals surface area contributed by atoms with Gasteiger partial charge in [-0.3, -0.25) is 9.59 Å². The summed E-state index contributed by atoms with van der Waals surface area (Å²) in [4.78, 5) is 39.9. The third-order valence-electron chi connectivity index (χ3n) is 5.06. The number of amides is 3. The highest BCUT2D eigenvalue weighted by Gasteiger charge is 2.20. The topological polar surface area (TPSA) is 162 Å². The van der Waals surface area contributed by atoms with Gasteiger partial charge in [-0.25, -0.2) is 22.9 Å². The first-order valence-electron chi connectivity index (χ1n) is 11.8. The maximum absolute atomic E-state index is 12.8. The summed E-state index contributed by atoms with van der Waals surface area (Å²) in [5.74, 6) is -0.717. The molecule has 0 unspecified atom stereocenters. The molecule has 1 aromatic heterocycles. The number of methoxy groups -OCH3 is 1. The predicted molar refractivity (Wildman–Crippen MR) is 140 cm³/mol. The van der Waals surface area contributed by atoms with E-state index in [1.54, 1.807) is 36.4 Å².